The Labute approximate surface area is 176 Å². The zero-order valence-electron chi connectivity index (χ0n) is 16.2. The van der Waals surface area contributed by atoms with Gasteiger partial charge in [0.2, 0.25) is 11.8 Å². The van der Waals surface area contributed by atoms with Crippen LogP contribution in [0.3, 0.4) is 0 Å². The lowest BCUT2D eigenvalue weighted by Crippen LogP contribution is -2.42. The predicted molar refractivity (Wildman–Crippen MR) is 115 cm³/mol. The summed E-state index contributed by atoms with van der Waals surface area (Å²) in [4.78, 5) is 27.3. The Morgan fingerprint density at radius 1 is 0.862 bits per heavy atom. The third-order valence-electron chi connectivity index (χ3n) is 4.66. The van der Waals surface area contributed by atoms with Gasteiger partial charge in [-0.3, -0.25) is 9.59 Å². The van der Waals surface area contributed by atoms with Gasteiger partial charge in [0.25, 0.3) is 0 Å². The van der Waals surface area contributed by atoms with E-state index in [1.54, 1.807) is 17.0 Å². The van der Waals surface area contributed by atoms with E-state index < -0.39 is 6.04 Å². The molecule has 0 aromatic heterocycles. The van der Waals surface area contributed by atoms with Gasteiger partial charge in [-0.25, -0.2) is 0 Å². The minimum Gasteiger partial charge on any atom is -0.350 e. The Kier molecular flexibility index (Phi) is 7.04. The number of nitrogens with zero attached hydrogens (tertiary/aromatic N) is 1. The summed E-state index contributed by atoms with van der Waals surface area (Å²) in [7, 11) is 0. The number of halogens is 1. The van der Waals surface area contributed by atoms with Crippen LogP contribution < -0.4 is 5.32 Å². The van der Waals surface area contributed by atoms with Crippen LogP contribution in [0.2, 0.25) is 5.02 Å². The molecule has 3 aromatic rings. The molecule has 0 radical (unpaired) electrons. The van der Waals surface area contributed by atoms with E-state index in [0.29, 0.717) is 18.1 Å². The van der Waals surface area contributed by atoms with Crippen LogP contribution in [0.5, 0.6) is 0 Å². The van der Waals surface area contributed by atoms with Crippen molar-refractivity contribution in [3.05, 3.63) is 107 Å². The standard InChI is InChI=1S/C24H23ClN2O2/c1-18(28)27(17-20-8-4-2-5-9-20)23(21-10-6-3-7-11-21)24(29)26-16-19-12-14-22(25)15-13-19/h2-15,23H,16-17H2,1H3,(H,26,29)/t23-/m0/s1. The number of rotatable bonds is 7. The van der Waals surface area contributed by atoms with Gasteiger partial charge >= 0.3 is 0 Å². The number of benzene rings is 3. The molecule has 0 unspecified atom stereocenters. The molecule has 0 bridgehead atoms. The smallest absolute Gasteiger partial charge is 0.247 e. The first kappa shape index (κ1) is 20.6. The van der Waals surface area contributed by atoms with E-state index in [1.807, 2.05) is 72.8 Å². The second-order valence-corrected chi connectivity index (χ2v) is 7.23. The van der Waals surface area contributed by atoms with Crippen molar-refractivity contribution in [1.29, 1.82) is 0 Å². The molecule has 0 saturated heterocycles. The summed E-state index contributed by atoms with van der Waals surface area (Å²) in [6, 6.07) is 25.6. The summed E-state index contributed by atoms with van der Waals surface area (Å²) in [5.74, 6) is -0.387. The summed E-state index contributed by atoms with van der Waals surface area (Å²) in [5.41, 5.74) is 2.67. The van der Waals surface area contributed by atoms with E-state index in [1.165, 1.54) is 6.92 Å². The number of hydrogen-bond donors (Lipinski definition) is 1. The summed E-state index contributed by atoms with van der Waals surface area (Å²) in [6.45, 7) is 2.20. The van der Waals surface area contributed by atoms with Gasteiger partial charge < -0.3 is 10.2 Å². The summed E-state index contributed by atoms with van der Waals surface area (Å²) >= 11 is 5.93. The molecule has 5 heteroatoms. The van der Waals surface area contributed by atoms with E-state index >= 15 is 0 Å². The zero-order chi connectivity index (χ0) is 20.6. The van der Waals surface area contributed by atoms with E-state index in [-0.39, 0.29) is 11.8 Å². The van der Waals surface area contributed by atoms with Gasteiger partial charge in [-0.2, -0.15) is 0 Å². The second kappa shape index (κ2) is 9.89. The molecule has 0 spiro atoms. The van der Waals surface area contributed by atoms with Crippen LogP contribution in [0.1, 0.15) is 29.7 Å². The first-order valence-electron chi connectivity index (χ1n) is 9.43. The molecule has 0 heterocycles. The van der Waals surface area contributed by atoms with Crippen LogP contribution in [-0.4, -0.2) is 16.7 Å². The molecule has 0 aliphatic heterocycles. The Morgan fingerprint density at radius 2 is 1.45 bits per heavy atom. The average Bonchev–Trinajstić information content (AvgIpc) is 2.74. The maximum Gasteiger partial charge on any atom is 0.247 e. The summed E-state index contributed by atoms with van der Waals surface area (Å²) in [5, 5.41) is 3.61. The van der Waals surface area contributed by atoms with Crippen LogP contribution in [0.25, 0.3) is 0 Å². The molecule has 2 amide bonds. The van der Waals surface area contributed by atoms with E-state index in [4.69, 9.17) is 11.6 Å². The Morgan fingerprint density at radius 3 is 2.03 bits per heavy atom. The quantitative estimate of drug-likeness (QED) is 0.615. The van der Waals surface area contributed by atoms with Crippen molar-refractivity contribution in [2.24, 2.45) is 0 Å². The van der Waals surface area contributed by atoms with Gasteiger partial charge in [0.1, 0.15) is 6.04 Å². The SMILES string of the molecule is CC(=O)N(Cc1ccccc1)[C@H](C(=O)NCc1ccc(Cl)cc1)c1ccccc1. The van der Waals surface area contributed by atoms with Gasteiger partial charge in [0.05, 0.1) is 0 Å². The van der Waals surface area contributed by atoms with Crippen molar-refractivity contribution in [3.8, 4) is 0 Å². The molecule has 0 aliphatic rings. The maximum atomic E-state index is 13.2. The molecular formula is C24H23ClN2O2. The molecule has 0 aliphatic carbocycles. The molecular weight excluding hydrogens is 384 g/mol. The minimum absolute atomic E-state index is 0.163. The lowest BCUT2D eigenvalue weighted by Gasteiger charge is -2.30. The Hall–Kier alpha value is -3.11. The van der Waals surface area contributed by atoms with Crippen molar-refractivity contribution in [1.82, 2.24) is 10.2 Å². The molecule has 0 fully saturated rings. The van der Waals surface area contributed by atoms with Crippen LogP contribution in [0.15, 0.2) is 84.9 Å². The second-order valence-electron chi connectivity index (χ2n) is 6.79. The molecule has 29 heavy (non-hydrogen) atoms. The van der Waals surface area contributed by atoms with Gasteiger partial charge in [-0.15, -0.1) is 0 Å². The number of carbonyl (C=O) groups is 2. The summed E-state index contributed by atoms with van der Waals surface area (Å²) < 4.78 is 0. The largest absolute Gasteiger partial charge is 0.350 e. The molecule has 148 valence electrons. The minimum atomic E-state index is -0.721. The van der Waals surface area contributed by atoms with Crippen molar-refractivity contribution < 1.29 is 9.59 Å². The molecule has 3 aromatic carbocycles. The Bertz CT molecular complexity index is 944. The third kappa shape index (κ3) is 5.69. The molecule has 1 N–H and O–H groups in total. The van der Waals surface area contributed by atoms with Crippen LogP contribution in [0, 0.1) is 0 Å². The number of carbonyl (C=O) groups excluding carboxylic acids is 2. The topological polar surface area (TPSA) is 49.4 Å². The van der Waals surface area contributed by atoms with Gasteiger partial charge in [0, 0.05) is 25.0 Å². The molecule has 1 atom stereocenters. The molecule has 4 nitrogen and oxygen atoms in total. The van der Waals surface area contributed by atoms with Gasteiger partial charge in [-0.1, -0.05) is 84.4 Å². The van der Waals surface area contributed by atoms with Crippen molar-refractivity contribution in [2.75, 3.05) is 0 Å². The zero-order valence-corrected chi connectivity index (χ0v) is 17.0. The fourth-order valence-electron chi connectivity index (χ4n) is 3.16. The van der Waals surface area contributed by atoms with E-state index in [9.17, 15) is 9.59 Å². The number of amides is 2. The van der Waals surface area contributed by atoms with Gasteiger partial charge in [0.15, 0.2) is 0 Å². The highest BCUT2D eigenvalue weighted by Crippen LogP contribution is 2.24. The normalized spacial score (nSPS) is 11.5. The maximum absolute atomic E-state index is 13.2. The monoisotopic (exact) mass is 406 g/mol. The fraction of sp³-hybridized carbons (Fsp3) is 0.167. The summed E-state index contributed by atoms with van der Waals surface area (Å²) in [6.07, 6.45) is 0. The first-order chi connectivity index (χ1) is 14.0. The lowest BCUT2D eigenvalue weighted by molar-refractivity contribution is -0.140. The van der Waals surface area contributed by atoms with Crippen LogP contribution in [0.4, 0.5) is 0 Å². The molecule has 0 saturated carbocycles. The number of nitrogens with one attached hydrogen (secondary N) is 1. The van der Waals surface area contributed by atoms with Crippen molar-refractivity contribution in [2.45, 2.75) is 26.1 Å². The van der Waals surface area contributed by atoms with E-state index in [2.05, 4.69) is 5.32 Å². The average molecular weight is 407 g/mol. The van der Waals surface area contributed by atoms with Crippen molar-refractivity contribution >= 4 is 23.4 Å². The number of hydrogen-bond acceptors (Lipinski definition) is 2. The molecule has 3 rings (SSSR count). The highest BCUT2D eigenvalue weighted by Gasteiger charge is 2.29. The highest BCUT2D eigenvalue weighted by molar-refractivity contribution is 6.30. The third-order valence-corrected chi connectivity index (χ3v) is 4.91. The van der Waals surface area contributed by atoms with Crippen LogP contribution >= 0.6 is 11.6 Å². The van der Waals surface area contributed by atoms with Gasteiger partial charge in [-0.05, 0) is 28.8 Å². The lowest BCUT2D eigenvalue weighted by atomic mass is 10.0. The Balaban J connectivity index is 1.85. The van der Waals surface area contributed by atoms with Crippen molar-refractivity contribution in [3.63, 3.8) is 0 Å². The first-order valence-corrected chi connectivity index (χ1v) is 9.80. The fourth-order valence-corrected chi connectivity index (χ4v) is 3.29. The van der Waals surface area contributed by atoms with E-state index in [0.717, 1.165) is 16.7 Å². The van der Waals surface area contributed by atoms with Crippen LogP contribution in [-0.2, 0) is 22.7 Å². The highest BCUT2D eigenvalue weighted by atomic mass is 35.5. The predicted octanol–water partition coefficient (Wildman–Crippen LogP) is 4.75.